The molecule has 1 aliphatic carbocycles. The summed E-state index contributed by atoms with van der Waals surface area (Å²) in [5.74, 6) is -0.683. The van der Waals surface area contributed by atoms with Crippen molar-refractivity contribution in [1.82, 2.24) is 0 Å². The van der Waals surface area contributed by atoms with Crippen LogP contribution in [0.25, 0.3) is 0 Å². The van der Waals surface area contributed by atoms with E-state index in [9.17, 15) is 4.79 Å². The molecule has 0 fully saturated rings. The summed E-state index contributed by atoms with van der Waals surface area (Å²) in [4.78, 5) is 11.1. The highest BCUT2D eigenvalue weighted by atomic mass is 16.4. The molecule has 0 aromatic heterocycles. The monoisotopic (exact) mass is 168 g/mol. The molecule has 0 amide bonds. The Morgan fingerprint density at radius 2 is 2.00 bits per heavy atom. The number of carbonyl (C=O) groups is 1. The molecule has 0 saturated heterocycles. The summed E-state index contributed by atoms with van der Waals surface area (Å²) in [6.07, 6.45) is 5.72. The molecule has 1 rings (SSSR count). The average Bonchev–Trinajstić information content (AvgIpc) is 1.95. The molecular formula is C10H16O2. The van der Waals surface area contributed by atoms with Crippen molar-refractivity contribution < 1.29 is 9.90 Å². The fourth-order valence-electron chi connectivity index (χ4n) is 1.64. The second kappa shape index (κ2) is 2.61. The lowest BCUT2D eigenvalue weighted by atomic mass is 9.62. The number of hydrogen-bond donors (Lipinski definition) is 1. The zero-order valence-electron chi connectivity index (χ0n) is 7.92. The SMILES string of the molecule is CC1(C)C=CCCC1(C)C(=O)O. The molecule has 1 aliphatic rings. The van der Waals surface area contributed by atoms with E-state index in [0.29, 0.717) is 0 Å². The molecule has 68 valence electrons. The van der Waals surface area contributed by atoms with Crippen molar-refractivity contribution in [2.45, 2.75) is 33.6 Å². The van der Waals surface area contributed by atoms with E-state index in [4.69, 9.17) is 5.11 Å². The van der Waals surface area contributed by atoms with Crippen LogP contribution in [0.5, 0.6) is 0 Å². The number of carboxylic acids is 1. The van der Waals surface area contributed by atoms with Crippen LogP contribution in [0, 0.1) is 10.8 Å². The van der Waals surface area contributed by atoms with Crippen molar-refractivity contribution in [3.63, 3.8) is 0 Å². The zero-order valence-corrected chi connectivity index (χ0v) is 7.92. The van der Waals surface area contributed by atoms with E-state index in [2.05, 4.69) is 6.08 Å². The van der Waals surface area contributed by atoms with Gasteiger partial charge in [0.1, 0.15) is 0 Å². The largest absolute Gasteiger partial charge is 0.481 e. The number of hydrogen-bond acceptors (Lipinski definition) is 1. The third-order valence-corrected chi connectivity index (χ3v) is 3.24. The number of aliphatic carboxylic acids is 1. The van der Waals surface area contributed by atoms with Crippen molar-refractivity contribution >= 4 is 5.97 Å². The Morgan fingerprint density at radius 1 is 1.42 bits per heavy atom. The maximum absolute atomic E-state index is 11.1. The number of allylic oxidation sites excluding steroid dienone is 2. The third kappa shape index (κ3) is 1.15. The minimum absolute atomic E-state index is 0.225. The minimum atomic E-state index is -0.683. The van der Waals surface area contributed by atoms with Crippen molar-refractivity contribution in [2.75, 3.05) is 0 Å². The summed E-state index contributed by atoms with van der Waals surface area (Å²) >= 11 is 0. The Balaban J connectivity index is 3.04. The highest BCUT2D eigenvalue weighted by molar-refractivity contribution is 5.76. The molecule has 0 heterocycles. The number of rotatable bonds is 1. The van der Waals surface area contributed by atoms with Gasteiger partial charge in [-0.25, -0.2) is 0 Å². The Morgan fingerprint density at radius 3 is 2.33 bits per heavy atom. The van der Waals surface area contributed by atoms with Gasteiger partial charge in [-0.15, -0.1) is 0 Å². The smallest absolute Gasteiger partial charge is 0.310 e. The third-order valence-electron chi connectivity index (χ3n) is 3.24. The molecule has 0 aromatic carbocycles. The van der Waals surface area contributed by atoms with Gasteiger partial charge in [0.05, 0.1) is 5.41 Å². The van der Waals surface area contributed by atoms with Crippen LogP contribution in [0.1, 0.15) is 33.6 Å². The van der Waals surface area contributed by atoms with Gasteiger partial charge in [0.25, 0.3) is 0 Å². The molecule has 0 saturated carbocycles. The Hall–Kier alpha value is -0.790. The molecule has 1 unspecified atom stereocenters. The van der Waals surface area contributed by atoms with Gasteiger partial charge in [-0.1, -0.05) is 26.0 Å². The van der Waals surface area contributed by atoms with E-state index in [1.54, 1.807) is 0 Å². The maximum atomic E-state index is 11.1. The minimum Gasteiger partial charge on any atom is -0.481 e. The molecular weight excluding hydrogens is 152 g/mol. The van der Waals surface area contributed by atoms with Gasteiger partial charge < -0.3 is 5.11 Å². The molecule has 12 heavy (non-hydrogen) atoms. The van der Waals surface area contributed by atoms with Gasteiger partial charge in [-0.2, -0.15) is 0 Å². The maximum Gasteiger partial charge on any atom is 0.310 e. The fourth-order valence-corrected chi connectivity index (χ4v) is 1.64. The van der Waals surface area contributed by atoms with Crippen LogP contribution in [0.4, 0.5) is 0 Å². The van der Waals surface area contributed by atoms with E-state index in [-0.39, 0.29) is 5.41 Å². The van der Waals surface area contributed by atoms with Gasteiger partial charge >= 0.3 is 5.97 Å². The highest BCUT2D eigenvalue weighted by Crippen LogP contribution is 2.46. The van der Waals surface area contributed by atoms with Crippen molar-refractivity contribution in [3.05, 3.63) is 12.2 Å². The topological polar surface area (TPSA) is 37.3 Å². The molecule has 0 aliphatic heterocycles. The van der Waals surface area contributed by atoms with E-state index in [0.717, 1.165) is 12.8 Å². The predicted molar refractivity (Wildman–Crippen MR) is 47.9 cm³/mol. The summed E-state index contributed by atoms with van der Waals surface area (Å²) in [6, 6.07) is 0. The molecule has 2 heteroatoms. The van der Waals surface area contributed by atoms with E-state index < -0.39 is 11.4 Å². The van der Waals surface area contributed by atoms with Crippen LogP contribution in [0.3, 0.4) is 0 Å². The van der Waals surface area contributed by atoms with Gasteiger partial charge in [0, 0.05) is 0 Å². The predicted octanol–water partition coefficient (Wildman–Crippen LogP) is 2.45. The molecule has 1 atom stereocenters. The van der Waals surface area contributed by atoms with Gasteiger partial charge in [0.2, 0.25) is 0 Å². The van der Waals surface area contributed by atoms with Crippen molar-refractivity contribution in [1.29, 1.82) is 0 Å². The van der Waals surface area contributed by atoms with Gasteiger partial charge in [-0.05, 0) is 25.2 Å². The van der Waals surface area contributed by atoms with Crippen LogP contribution < -0.4 is 0 Å². The van der Waals surface area contributed by atoms with E-state index >= 15 is 0 Å². The van der Waals surface area contributed by atoms with Crippen LogP contribution in [0.2, 0.25) is 0 Å². The first kappa shape index (κ1) is 9.30. The second-order valence-electron chi connectivity index (χ2n) is 4.30. The first-order chi connectivity index (χ1) is 5.40. The zero-order chi connectivity index (χ0) is 9.41. The van der Waals surface area contributed by atoms with Crippen LogP contribution in [0.15, 0.2) is 12.2 Å². The molecule has 0 radical (unpaired) electrons. The van der Waals surface area contributed by atoms with Gasteiger partial charge in [-0.3, -0.25) is 4.79 Å². The molecule has 1 N–H and O–H groups in total. The summed E-state index contributed by atoms with van der Waals surface area (Å²) < 4.78 is 0. The normalized spacial score (nSPS) is 33.2. The van der Waals surface area contributed by atoms with Crippen LogP contribution in [-0.2, 0) is 4.79 Å². The average molecular weight is 168 g/mol. The Bertz CT molecular complexity index is 228. The van der Waals surface area contributed by atoms with Gasteiger partial charge in [0.15, 0.2) is 0 Å². The Labute approximate surface area is 73.3 Å². The lowest BCUT2D eigenvalue weighted by Gasteiger charge is -2.41. The lowest BCUT2D eigenvalue weighted by Crippen LogP contribution is -2.42. The van der Waals surface area contributed by atoms with Crippen molar-refractivity contribution in [3.8, 4) is 0 Å². The van der Waals surface area contributed by atoms with E-state index in [1.807, 2.05) is 26.8 Å². The quantitative estimate of drug-likeness (QED) is 0.610. The number of carboxylic acid groups (broad SMARTS) is 1. The highest BCUT2D eigenvalue weighted by Gasteiger charge is 2.46. The molecule has 0 bridgehead atoms. The Kier molecular flexibility index (Phi) is 2.02. The lowest BCUT2D eigenvalue weighted by molar-refractivity contribution is -0.154. The molecule has 0 aromatic rings. The first-order valence-electron chi connectivity index (χ1n) is 4.31. The standard InChI is InChI=1S/C10H16O2/c1-9(2)6-4-5-7-10(9,3)8(11)12/h4,6H,5,7H2,1-3H3,(H,11,12). The summed E-state index contributed by atoms with van der Waals surface area (Å²) in [6.45, 7) is 5.80. The summed E-state index contributed by atoms with van der Waals surface area (Å²) in [5.41, 5.74) is -0.821. The van der Waals surface area contributed by atoms with Crippen LogP contribution >= 0.6 is 0 Å². The van der Waals surface area contributed by atoms with Crippen LogP contribution in [-0.4, -0.2) is 11.1 Å². The second-order valence-corrected chi connectivity index (χ2v) is 4.30. The van der Waals surface area contributed by atoms with Crippen molar-refractivity contribution in [2.24, 2.45) is 10.8 Å². The molecule has 0 spiro atoms. The van der Waals surface area contributed by atoms with E-state index in [1.165, 1.54) is 0 Å². The molecule has 2 nitrogen and oxygen atoms in total. The summed E-state index contributed by atoms with van der Waals surface area (Å²) in [5, 5.41) is 9.10. The summed E-state index contributed by atoms with van der Waals surface area (Å²) in [7, 11) is 0. The fraction of sp³-hybridized carbons (Fsp3) is 0.700. The first-order valence-corrected chi connectivity index (χ1v) is 4.31.